The Bertz CT molecular complexity index is 1130. The van der Waals surface area contributed by atoms with Crippen LogP contribution in [0.15, 0.2) is 24.3 Å². The van der Waals surface area contributed by atoms with Crippen LogP contribution in [0.5, 0.6) is 0 Å². The molecule has 2 aliphatic heterocycles. The lowest BCUT2D eigenvalue weighted by molar-refractivity contribution is -0.132. The average molecular weight is 489 g/mol. The van der Waals surface area contributed by atoms with Crippen LogP contribution in [0.1, 0.15) is 30.3 Å². The van der Waals surface area contributed by atoms with Gasteiger partial charge in [-0.05, 0) is 38.1 Å². The van der Waals surface area contributed by atoms with Gasteiger partial charge in [0.2, 0.25) is 11.8 Å². The molecule has 0 aliphatic carbocycles. The molecule has 2 atom stereocenters. The Balaban J connectivity index is 1.62. The summed E-state index contributed by atoms with van der Waals surface area (Å²) in [6.45, 7) is 3.59. The van der Waals surface area contributed by atoms with Crippen LogP contribution in [-0.2, 0) is 29.3 Å². The third-order valence-corrected chi connectivity index (χ3v) is 11.2. The smallest absolute Gasteiger partial charge is 0.239 e. The highest BCUT2D eigenvalue weighted by atomic mass is 32.2. The molecule has 12 heteroatoms. The fourth-order valence-electron chi connectivity index (χ4n) is 3.85. The van der Waals surface area contributed by atoms with Gasteiger partial charge in [0.1, 0.15) is 11.5 Å². The Morgan fingerprint density at radius 2 is 1.13 bits per heavy atom. The van der Waals surface area contributed by atoms with E-state index in [-0.39, 0.29) is 13.1 Å². The van der Waals surface area contributed by atoms with E-state index in [1.54, 1.807) is 24.3 Å². The third-order valence-electron chi connectivity index (χ3n) is 5.13. The maximum Gasteiger partial charge on any atom is 0.239 e. The molecule has 4 heterocycles. The minimum absolute atomic E-state index is 0.0538. The van der Waals surface area contributed by atoms with E-state index in [4.69, 9.17) is 0 Å². The van der Waals surface area contributed by atoms with Gasteiger partial charge >= 0.3 is 0 Å². The number of thiophene rings is 2. The predicted molar refractivity (Wildman–Crippen MR) is 115 cm³/mol. The predicted octanol–water partition coefficient (Wildman–Crippen LogP) is 1.64. The lowest BCUT2D eigenvalue weighted by atomic mass is 10.3. The maximum atomic E-state index is 12.6. The van der Waals surface area contributed by atoms with Crippen molar-refractivity contribution in [2.75, 3.05) is 24.6 Å². The van der Waals surface area contributed by atoms with Crippen LogP contribution >= 0.6 is 22.7 Å². The Morgan fingerprint density at radius 1 is 0.767 bits per heavy atom. The summed E-state index contributed by atoms with van der Waals surface area (Å²) in [4.78, 5) is 30.4. The molecule has 2 aromatic rings. The van der Waals surface area contributed by atoms with Crippen molar-refractivity contribution in [1.82, 2.24) is 9.80 Å². The van der Waals surface area contributed by atoms with Crippen molar-refractivity contribution in [2.24, 2.45) is 0 Å². The molecule has 0 radical (unpaired) electrons. The summed E-state index contributed by atoms with van der Waals surface area (Å²) in [5.41, 5.74) is 0. The highest BCUT2D eigenvalue weighted by Gasteiger charge is 2.48. The second-order valence-electron chi connectivity index (χ2n) is 7.39. The van der Waals surface area contributed by atoms with Gasteiger partial charge in [0.05, 0.1) is 0 Å². The van der Waals surface area contributed by atoms with Crippen LogP contribution in [-0.4, -0.2) is 63.0 Å². The number of aryl methyl sites for hydroxylation is 2. The van der Waals surface area contributed by atoms with Crippen molar-refractivity contribution in [1.29, 1.82) is 0 Å². The van der Waals surface area contributed by atoms with E-state index in [0.717, 1.165) is 9.75 Å². The van der Waals surface area contributed by atoms with Crippen molar-refractivity contribution in [3.8, 4) is 0 Å². The number of amides is 2. The van der Waals surface area contributed by atoms with Gasteiger partial charge in [-0.25, -0.2) is 16.8 Å². The van der Waals surface area contributed by atoms with Crippen molar-refractivity contribution >= 4 is 54.2 Å². The largest absolute Gasteiger partial charge is 0.319 e. The van der Waals surface area contributed by atoms with Crippen molar-refractivity contribution < 1.29 is 26.4 Å². The van der Waals surface area contributed by atoms with Crippen molar-refractivity contribution in [3.05, 3.63) is 43.8 Å². The second-order valence-corrected chi connectivity index (χ2v) is 14.2. The van der Waals surface area contributed by atoms with Gasteiger partial charge in [0, 0.05) is 32.6 Å². The Kier molecular flexibility index (Phi) is 5.32. The normalized spacial score (nSPS) is 25.4. The number of carbonyl (C=O) groups excluding carboxylic acids is 2. The first-order valence-electron chi connectivity index (χ1n) is 9.14. The highest BCUT2D eigenvalue weighted by Crippen LogP contribution is 2.39. The number of nitrogens with zero attached hydrogens (tertiary/aromatic N) is 2. The van der Waals surface area contributed by atoms with Gasteiger partial charge in [-0.2, -0.15) is 0 Å². The maximum absolute atomic E-state index is 12.6. The Hall–Kier alpha value is -1.76. The van der Waals surface area contributed by atoms with E-state index in [1.165, 1.54) is 32.5 Å². The molecule has 2 aromatic heterocycles. The van der Waals surface area contributed by atoms with Gasteiger partial charge in [-0.3, -0.25) is 9.59 Å². The first-order valence-corrected chi connectivity index (χ1v) is 14.2. The van der Waals surface area contributed by atoms with Gasteiger partial charge in [-0.1, -0.05) is 0 Å². The highest BCUT2D eigenvalue weighted by molar-refractivity contribution is 7.93. The summed E-state index contributed by atoms with van der Waals surface area (Å²) < 4.78 is 50.5. The number of hydrogen-bond acceptors (Lipinski definition) is 8. The van der Waals surface area contributed by atoms with Gasteiger partial charge in [0.25, 0.3) is 0 Å². The molecule has 0 aromatic carbocycles. The molecule has 4 rings (SSSR count). The minimum atomic E-state index is -3.70. The number of sulfone groups is 2. The minimum Gasteiger partial charge on any atom is -0.319 e. The summed E-state index contributed by atoms with van der Waals surface area (Å²) in [6.07, 6.45) is 0. The van der Waals surface area contributed by atoms with Crippen LogP contribution in [0.4, 0.5) is 0 Å². The topological polar surface area (TPSA) is 109 Å². The fourth-order valence-corrected chi connectivity index (χ4v) is 10.2. The summed E-state index contributed by atoms with van der Waals surface area (Å²) in [6, 6.07) is 6.97. The van der Waals surface area contributed by atoms with Crippen LogP contribution in [0.25, 0.3) is 0 Å². The summed E-state index contributed by atoms with van der Waals surface area (Å²) in [5.74, 6) is -2.25. The Labute approximate surface area is 183 Å². The van der Waals surface area contributed by atoms with E-state index in [0.29, 0.717) is 9.75 Å². The fraction of sp³-hybridized carbons (Fsp3) is 0.444. The first-order chi connectivity index (χ1) is 14.0. The zero-order chi connectivity index (χ0) is 21.8. The monoisotopic (exact) mass is 488 g/mol. The molecule has 30 heavy (non-hydrogen) atoms. The average Bonchev–Trinajstić information content (AvgIpc) is 3.32. The molecule has 2 aliphatic rings. The molecule has 0 N–H and O–H groups in total. The molecule has 162 valence electrons. The lowest BCUT2D eigenvalue weighted by Gasteiger charge is -2.28. The molecule has 0 saturated carbocycles. The first kappa shape index (κ1) is 21.5. The lowest BCUT2D eigenvalue weighted by Crippen LogP contribution is -2.39. The molecule has 0 spiro atoms. The Morgan fingerprint density at radius 3 is 1.43 bits per heavy atom. The third kappa shape index (κ3) is 3.70. The summed E-state index contributed by atoms with van der Waals surface area (Å²) in [5, 5.41) is -2.19. The molecule has 2 saturated heterocycles. The van der Waals surface area contributed by atoms with Crippen LogP contribution in [0, 0.1) is 13.8 Å². The molecular formula is C18H20N2O6S4. The molecule has 0 bridgehead atoms. The summed E-state index contributed by atoms with van der Waals surface area (Å²) in [7, 11) is -7.40. The van der Waals surface area contributed by atoms with Gasteiger partial charge in [0.15, 0.2) is 30.4 Å². The van der Waals surface area contributed by atoms with Crippen LogP contribution in [0.2, 0.25) is 0 Å². The zero-order valence-electron chi connectivity index (χ0n) is 16.3. The van der Waals surface area contributed by atoms with E-state index in [1.807, 2.05) is 13.8 Å². The van der Waals surface area contributed by atoms with E-state index in [2.05, 4.69) is 0 Å². The number of rotatable bonds is 5. The van der Waals surface area contributed by atoms with Gasteiger partial charge in [-0.15, -0.1) is 22.7 Å². The molecule has 2 amide bonds. The van der Waals surface area contributed by atoms with E-state index >= 15 is 0 Å². The molecular weight excluding hydrogens is 468 g/mol. The standard InChI is InChI=1S/C18H20N2O6S4/c1-11-3-5-13(27-11)17-19(15(21)9-29(17,23)24)7-8-20-16(22)10-30(25,26)18(20)14-6-4-12(2)28-14/h3-6,17-18H,7-10H2,1-2H3/t17-,18-/m0/s1. The van der Waals surface area contributed by atoms with Crippen molar-refractivity contribution in [3.63, 3.8) is 0 Å². The second kappa shape index (κ2) is 7.43. The molecule has 8 nitrogen and oxygen atoms in total. The van der Waals surface area contributed by atoms with E-state index in [9.17, 15) is 26.4 Å². The molecule has 2 fully saturated rings. The van der Waals surface area contributed by atoms with Crippen molar-refractivity contribution in [2.45, 2.75) is 24.6 Å². The number of hydrogen-bond donors (Lipinski definition) is 0. The molecule has 0 unspecified atom stereocenters. The number of carbonyl (C=O) groups is 2. The zero-order valence-corrected chi connectivity index (χ0v) is 19.5. The summed E-state index contributed by atoms with van der Waals surface area (Å²) >= 11 is 2.61. The quantitative estimate of drug-likeness (QED) is 0.633. The van der Waals surface area contributed by atoms with Crippen LogP contribution in [0.3, 0.4) is 0 Å². The van der Waals surface area contributed by atoms with Crippen LogP contribution < -0.4 is 0 Å². The van der Waals surface area contributed by atoms with E-state index < -0.39 is 53.7 Å². The SMILES string of the molecule is Cc1ccc([C@H]2N(CCN3C(=O)CS(=O)(=O)[C@H]3c3ccc(C)s3)C(=O)CS2(=O)=O)s1. The van der Waals surface area contributed by atoms with Gasteiger partial charge < -0.3 is 9.80 Å².